The highest BCUT2D eigenvalue weighted by atomic mass is 19.4. The summed E-state index contributed by atoms with van der Waals surface area (Å²) < 4.78 is 40.4. The molecule has 9 nitrogen and oxygen atoms in total. The van der Waals surface area contributed by atoms with Crippen LogP contribution in [0.2, 0.25) is 0 Å². The van der Waals surface area contributed by atoms with Gasteiger partial charge >= 0.3 is 6.18 Å². The first-order chi connectivity index (χ1) is 16.2. The van der Waals surface area contributed by atoms with Gasteiger partial charge in [-0.05, 0) is 36.8 Å². The molecule has 4 aromatic rings. The van der Waals surface area contributed by atoms with Gasteiger partial charge in [0.15, 0.2) is 5.82 Å². The van der Waals surface area contributed by atoms with Crippen molar-refractivity contribution >= 4 is 29.0 Å². The molecule has 0 radical (unpaired) electrons. The highest BCUT2D eigenvalue weighted by Gasteiger charge is 2.30. The number of pyridine rings is 1. The molecular weight excluding hydrogens is 449 g/mol. The van der Waals surface area contributed by atoms with Crippen LogP contribution in [0.15, 0.2) is 61.1 Å². The van der Waals surface area contributed by atoms with E-state index in [2.05, 4.69) is 36.0 Å². The molecule has 0 aliphatic rings. The van der Waals surface area contributed by atoms with Gasteiger partial charge in [-0.15, -0.1) is 0 Å². The molecule has 1 aromatic carbocycles. The Kier molecular flexibility index (Phi) is 6.13. The maximum absolute atomic E-state index is 13.0. The summed E-state index contributed by atoms with van der Waals surface area (Å²) in [7, 11) is 1.73. The van der Waals surface area contributed by atoms with Crippen molar-refractivity contribution in [2.24, 2.45) is 0 Å². The first-order valence-corrected chi connectivity index (χ1v) is 10.0. The Hall–Kier alpha value is -4.48. The Morgan fingerprint density at radius 3 is 2.65 bits per heavy atom. The number of benzene rings is 1. The van der Waals surface area contributed by atoms with Crippen molar-refractivity contribution < 1.29 is 18.0 Å². The molecule has 34 heavy (non-hydrogen) atoms. The van der Waals surface area contributed by atoms with E-state index < -0.39 is 17.6 Å². The van der Waals surface area contributed by atoms with Crippen LogP contribution in [-0.4, -0.2) is 37.7 Å². The number of nitrogens with zero attached hydrogens (tertiary/aromatic N) is 5. The first kappa shape index (κ1) is 22.7. The van der Waals surface area contributed by atoms with Crippen LogP contribution in [0.1, 0.15) is 21.6 Å². The summed E-state index contributed by atoms with van der Waals surface area (Å²) >= 11 is 0. The van der Waals surface area contributed by atoms with Crippen LogP contribution < -0.4 is 16.0 Å². The lowest BCUT2D eigenvalue weighted by atomic mass is 10.2. The molecule has 0 atom stereocenters. The summed E-state index contributed by atoms with van der Waals surface area (Å²) in [5.74, 6) is 1.37. The van der Waals surface area contributed by atoms with Crippen LogP contribution in [0.3, 0.4) is 0 Å². The molecule has 174 valence electrons. The molecule has 3 heterocycles. The Bertz CT molecular complexity index is 1340. The van der Waals surface area contributed by atoms with Crippen molar-refractivity contribution in [2.75, 3.05) is 23.0 Å². The van der Waals surface area contributed by atoms with Crippen LogP contribution in [-0.2, 0) is 6.18 Å². The van der Waals surface area contributed by atoms with E-state index in [-0.39, 0.29) is 11.4 Å². The quantitative estimate of drug-likeness (QED) is 0.384. The van der Waals surface area contributed by atoms with E-state index in [1.807, 2.05) is 0 Å². The number of rotatable bonds is 6. The number of hydrogen-bond donors (Lipinski definition) is 3. The zero-order chi connectivity index (χ0) is 24.3. The largest absolute Gasteiger partial charge is 0.416 e. The van der Waals surface area contributed by atoms with Gasteiger partial charge in [-0.1, -0.05) is 12.1 Å². The van der Waals surface area contributed by atoms with Gasteiger partial charge < -0.3 is 16.0 Å². The summed E-state index contributed by atoms with van der Waals surface area (Å²) in [5, 5.41) is 12.8. The lowest BCUT2D eigenvalue weighted by molar-refractivity contribution is -0.137. The van der Waals surface area contributed by atoms with Gasteiger partial charge in [-0.3, -0.25) is 4.79 Å². The Morgan fingerprint density at radius 2 is 1.88 bits per heavy atom. The van der Waals surface area contributed by atoms with Crippen molar-refractivity contribution in [3.05, 3.63) is 77.9 Å². The van der Waals surface area contributed by atoms with Crippen molar-refractivity contribution in [1.29, 1.82) is 0 Å². The fraction of sp³-hybridized carbons (Fsp3) is 0.136. The highest BCUT2D eigenvalue weighted by molar-refractivity contribution is 6.03. The minimum absolute atomic E-state index is 0.0129. The number of alkyl halides is 3. The molecular formula is C22H19F3N8O. The number of aromatic nitrogens is 5. The van der Waals surface area contributed by atoms with E-state index in [0.717, 1.165) is 17.7 Å². The van der Waals surface area contributed by atoms with Crippen molar-refractivity contribution in [3.63, 3.8) is 0 Å². The van der Waals surface area contributed by atoms with Gasteiger partial charge in [0.2, 0.25) is 0 Å². The topological polar surface area (TPSA) is 110 Å². The van der Waals surface area contributed by atoms with E-state index in [1.54, 1.807) is 43.0 Å². The normalized spacial score (nSPS) is 11.2. The van der Waals surface area contributed by atoms with Crippen LogP contribution >= 0.6 is 0 Å². The third-order valence-corrected chi connectivity index (χ3v) is 4.79. The van der Waals surface area contributed by atoms with Gasteiger partial charge in [0.05, 0.1) is 11.8 Å². The molecule has 12 heteroatoms. The summed E-state index contributed by atoms with van der Waals surface area (Å²) in [6.45, 7) is 1.80. The monoisotopic (exact) mass is 468 g/mol. The van der Waals surface area contributed by atoms with E-state index in [4.69, 9.17) is 0 Å². The summed E-state index contributed by atoms with van der Waals surface area (Å²) in [6, 6.07) is 11.0. The maximum atomic E-state index is 13.0. The number of nitrogens with one attached hydrogen (secondary N) is 3. The van der Waals surface area contributed by atoms with E-state index in [1.165, 1.54) is 24.5 Å². The second kappa shape index (κ2) is 9.17. The predicted octanol–water partition coefficient (Wildman–Crippen LogP) is 4.42. The van der Waals surface area contributed by atoms with E-state index in [9.17, 15) is 18.0 Å². The summed E-state index contributed by atoms with van der Waals surface area (Å²) in [6.07, 6.45) is -1.54. The van der Waals surface area contributed by atoms with Crippen LogP contribution in [0, 0.1) is 6.92 Å². The Morgan fingerprint density at radius 1 is 1.06 bits per heavy atom. The molecule has 3 N–H and O–H groups in total. The molecule has 3 aromatic heterocycles. The minimum atomic E-state index is -4.51. The zero-order valence-corrected chi connectivity index (χ0v) is 18.1. The number of amides is 1. The number of halogens is 3. The zero-order valence-electron chi connectivity index (χ0n) is 18.1. The average molecular weight is 468 g/mol. The van der Waals surface area contributed by atoms with Crippen LogP contribution in [0.25, 0.3) is 5.82 Å². The SMILES string of the molecule is CNc1cc(-n2nccc2Nc2nc(C(=O)Nc3cccc(C(F)(F)F)c3)ccc2C)ncn1. The van der Waals surface area contributed by atoms with Gasteiger partial charge in [-0.25, -0.2) is 15.0 Å². The summed E-state index contributed by atoms with van der Waals surface area (Å²) in [4.78, 5) is 25.3. The second-order valence-corrected chi connectivity index (χ2v) is 7.16. The minimum Gasteiger partial charge on any atom is -0.373 e. The molecule has 0 saturated heterocycles. The molecule has 0 unspecified atom stereocenters. The average Bonchev–Trinajstić information content (AvgIpc) is 3.28. The van der Waals surface area contributed by atoms with Crippen molar-refractivity contribution in [2.45, 2.75) is 13.1 Å². The Labute approximate surface area is 192 Å². The fourth-order valence-corrected chi connectivity index (χ4v) is 3.05. The number of anilines is 4. The highest BCUT2D eigenvalue weighted by Crippen LogP contribution is 2.31. The van der Waals surface area contributed by atoms with Gasteiger partial charge in [0.25, 0.3) is 5.91 Å². The number of hydrogen-bond acceptors (Lipinski definition) is 7. The molecule has 0 aliphatic heterocycles. The first-order valence-electron chi connectivity index (χ1n) is 10.0. The maximum Gasteiger partial charge on any atom is 0.416 e. The molecule has 0 saturated carbocycles. The third-order valence-electron chi connectivity index (χ3n) is 4.79. The smallest absolute Gasteiger partial charge is 0.373 e. The number of carbonyl (C=O) groups is 1. The Balaban J connectivity index is 1.57. The lowest BCUT2D eigenvalue weighted by Gasteiger charge is -2.13. The second-order valence-electron chi connectivity index (χ2n) is 7.16. The van der Waals surface area contributed by atoms with E-state index in [0.29, 0.717) is 23.3 Å². The van der Waals surface area contributed by atoms with Gasteiger partial charge in [0, 0.05) is 24.9 Å². The molecule has 0 aliphatic carbocycles. The van der Waals surface area contributed by atoms with Gasteiger partial charge in [0.1, 0.15) is 29.5 Å². The van der Waals surface area contributed by atoms with Crippen molar-refractivity contribution in [1.82, 2.24) is 24.7 Å². The third kappa shape index (κ3) is 4.95. The molecule has 0 spiro atoms. The fourth-order valence-electron chi connectivity index (χ4n) is 3.05. The standard InChI is InChI=1S/C22H19F3N8O/c1-13-6-7-16(21(34)30-15-5-3-4-14(10-15)22(23,24)25)31-20(13)32-18-8-9-29-33(18)19-11-17(26-2)27-12-28-19/h3-12H,1-2H3,(H,30,34)(H,31,32)(H,26,27,28). The molecule has 4 rings (SSSR count). The number of carbonyl (C=O) groups excluding carboxylic acids is 1. The number of aryl methyl sites for hydroxylation is 1. The van der Waals surface area contributed by atoms with Gasteiger partial charge in [-0.2, -0.15) is 23.0 Å². The lowest BCUT2D eigenvalue weighted by Crippen LogP contribution is -2.16. The van der Waals surface area contributed by atoms with Crippen molar-refractivity contribution in [3.8, 4) is 5.82 Å². The summed E-state index contributed by atoms with van der Waals surface area (Å²) in [5.41, 5.74) is -0.0825. The molecule has 0 bridgehead atoms. The molecule has 1 amide bonds. The van der Waals surface area contributed by atoms with Crippen LogP contribution in [0.5, 0.6) is 0 Å². The van der Waals surface area contributed by atoms with Crippen LogP contribution in [0.4, 0.5) is 36.3 Å². The van der Waals surface area contributed by atoms with E-state index >= 15 is 0 Å². The molecule has 0 fully saturated rings. The predicted molar refractivity (Wildman–Crippen MR) is 120 cm³/mol.